The van der Waals surface area contributed by atoms with Gasteiger partial charge in [-0.25, -0.2) is 0 Å². The Kier molecular flexibility index (Phi) is 2.52. The molecule has 0 aliphatic carbocycles. The molecule has 0 unspecified atom stereocenters. The van der Waals surface area contributed by atoms with E-state index >= 15 is 0 Å². The van der Waals surface area contributed by atoms with Gasteiger partial charge in [0.1, 0.15) is 0 Å². The molecule has 1 saturated heterocycles. The van der Waals surface area contributed by atoms with E-state index in [4.69, 9.17) is 4.74 Å². The van der Waals surface area contributed by atoms with Crippen LogP contribution in [0.15, 0.2) is 0 Å². The van der Waals surface area contributed by atoms with Crippen LogP contribution in [0.25, 0.3) is 0 Å². The zero-order valence-corrected chi connectivity index (χ0v) is 6.39. The van der Waals surface area contributed by atoms with E-state index < -0.39 is 0 Å². The molecule has 1 aliphatic heterocycles. The number of rotatable bonds is 1. The molecule has 54 valence electrons. The average molecular weight is 128 g/mol. The van der Waals surface area contributed by atoms with E-state index in [1.165, 1.54) is 12.8 Å². The lowest BCUT2D eigenvalue weighted by molar-refractivity contribution is 0.0214. The highest BCUT2D eigenvalue weighted by Crippen LogP contribution is 2.23. The summed E-state index contributed by atoms with van der Waals surface area (Å²) in [5.41, 5.74) is 0. The Morgan fingerprint density at radius 3 is 2.78 bits per heavy atom. The van der Waals surface area contributed by atoms with Crippen LogP contribution < -0.4 is 0 Å². The van der Waals surface area contributed by atoms with Crippen molar-refractivity contribution in [1.82, 2.24) is 0 Å². The van der Waals surface area contributed by atoms with Gasteiger partial charge in [0.2, 0.25) is 0 Å². The van der Waals surface area contributed by atoms with Crippen LogP contribution in [0.2, 0.25) is 0 Å². The van der Waals surface area contributed by atoms with E-state index in [0.717, 1.165) is 25.0 Å². The summed E-state index contributed by atoms with van der Waals surface area (Å²) in [6, 6.07) is 0. The Bertz CT molecular complexity index is 80.6. The summed E-state index contributed by atoms with van der Waals surface area (Å²) in [4.78, 5) is 0. The number of hydrogen-bond donors (Lipinski definition) is 0. The van der Waals surface area contributed by atoms with Crippen LogP contribution in [0.5, 0.6) is 0 Å². The first-order valence-electron chi connectivity index (χ1n) is 3.92. The van der Waals surface area contributed by atoms with E-state index in [-0.39, 0.29) is 0 Å². The summed E-state index contributed by atoms with van der Waals surface area (Å²) < 4.78 is 5.34. The largest absolute Gasteiger partial charge is 0.381 e. The summed E-state index contributed by atoms with van der Waals surface area (Å²) in [7, 11) is 0. The topological polar surface area (TPSA) is 9.23 Å². The lowest BCUT2D eigenvalue weighted by atomic mass is 9.88. The van der Waals surface area contributed by atoms with Crippen molar-refractivity contribution in [2.75, 3.05) is 13.2 Å². The van der Waals surface area contributed by atoms with Crippen LogP contribution in [-0.4, -0.2) is 13.2 Å². The third-order valence-corrected chi connectivity index (χ3v) is 2.38. The van der Waals surface area contributed by atoms with Crippen molar-refractivity contribution in [3.8, 4) is 0 Å². The Morgan fingerprint density at radius 2 is 2.33 bits per heavy atom. The van der Waals surface area contributed by atoms with Gasteiger partial charge in [0.25, 0.3) is 0 Å². The fourth-order valence-corrected chi connectivity index (χ4v) is 1.42. The SMILES string of the molecule is CC[C@H]1COCC[C@@H]1C. The molecule has 1 heterocycles. The van der Waals surface area contributed by atoms with Crippen molar-refractivity contribution in [3.63, 3.8) is 0 Å². The second-order valence-corrected chi connectivity index (χ2v) is 3.01. The smallest absolute Gasteiger partial charge is 0.0496 e. The lowest BCUT2D eigenvalue weighted by Gasteiger charge is -2.27. The molecule has 1 heteroatoms. The summed E-state index contributed by atoms with van der Waals surface area (Å²) in [6.07, 6.45) is 2.54. The maximum Gasteiger partial charge on any atom is 0.0496 e. The molecule has 0 saturated carbocycles. The molecule has 0 amide bonds. The third-order valence-electron chi connectivity index (χ3n) is 2.38. The molecule has 1 rings (SSSR count). The van der Waals surface area contributed by atoms with E-state index in [0.29, 0.717) is 0 Å². The Hall–Kier alpha value is -0.0400. The standard InChI is InChI=1S/C8H16O/c1-3-8-6-9-5-4-7(8)2/h7-8H,3-6H2,1-2H3/t7-,8-/m0/s1. The Morgan fingerprint density at radius 1 is 1.56 bits per heavy atom. The van der Waals surface area contributed by atoms with E-state index in [1.807, 2.05) is 0 Å². The molecule has 0 aromatic carbocycles. The van der Waals surface area contributed by atoms with Gasteiger partial charge < -0.3 is 4.74 Å². The first-order valence-corrected chi connectivity index (χ1v) is 3.92. The summed E-state index contributed by atoms with van der Waals surface area (Å²) in [5, 5.41) is 0. The normalized spacial score (nSPS) is 36.7. The van der Waals surface area contributed by atoms with Crippen LogP contribution in [0.3, 0.4) is 0 Å². The monoisotopic (exact) mass is 128 g/mol. The second kappa shape index (κ2) is 3.21. The van der Waals surface area contributed by atoms with E-state index in [1.54, 1.807) is 0 Å². The molecule has 2 atom stereocenters. The number of hydrogen-bond acceptors (Lipinski definition) is 1. The molecule has 0 aromatic heterocycles. The quantitative estimate of drug-likeness (QED) is 0.525. The minimum Gasteiger partial charge on any atom is -0.381 e. The van der Waals surface area contributed by atoms with Crippen molar-refractivity contribution in [2.24, 2.45) is 11.8 Å². The molecule has 9 heavy (non-hydrogen) atoms. The van der Waals surface area contributed by atoms with Crippen LogP contribution in [0.4, 0.5) is 0 Å². The van der Waals surface area contributed by atoms with E-state index in [9.17, 15) is 0 Å². The van der Waals surface area contributed by atoms with Gasteiger partial charge in [-0.1, -0.05) is 20.3 Å². The summed E-state index contributed by atoms with van der Waals surface area (Å²) in [6.45, 7) is 6.56. The van der Waals surface area contributed by atoms with Gasteiger partial charge in [0.05, 0.1) is 0 Å². The molecular weight excluding hydrogens is 112 g/mol. The average Bonchev–Trinajstić information content (AvgIpc) is 1.89. The Labute approximate surface area is 57.4 Å². The molecule has 0 spiro atoms. The van der Waals surface area contributed by atoms with Gasteiger partial charge in [0.15, 0.2) is 0 Å². The highest BCUT2D eigenvalue weighted by atomic mass is 16.5. The van der Waals surface area contributed by atoms with Crippen LogP contribution in [0.1, 0.15) is 26.7 Å². The molecule has 0 radical (unpaired) electrons. The van der Waals surface area contributed by atoms with Gasteiger partial charge in [-0.05, 0) is 18.3 Å². The van der Waals surface area contributed by atoms with Crippen LogP contribution in [-0.2, 0) is 4.74 Å². The lowest BCUT2D eigenvalue weighted by Crippen LogP contribution is -2.24. The molecular formula is C8H16O. The molecule has 1 aliphatic rings. The predicted molar refractivity (Wildman–Crippen MR) is 38.4 cm³/mol. The van der Waals surface area contributed by atoms with Crippen LogP contribution >= 0.6 is 0 Å². The summed E-state index contributed by atoms with van der Waals surface area (Å²) >= 11 is 0. The van der Waals surface area contributed by atoms with E-state index in [2.05, 4.69) is 13.8 Å². The van der Waals surface area contributed by atoms with Crippen molar-refractivity contribution >= 4 is 0 Å². The van der Waals surface area contributed by atoms with Crippen molar-refractivity contribution in [3.05, 3.63) is 0 Å². The maximum absolute atomic E-state index is 5.34. The fourth-order valence-electron chi connectivity index (χ4n) is 1.42. The van der Waals surface area contributed by atoms with Gasteiger partial charge in [-0.3, -0.25) is 0 Å². The maximum atomic E-state index is 5.34. The molecule has 0 bridgehead atoms. The van der Waals surface area contributed by atoms with Gasteiger partial charge in [0, 0.05) is 13.2 Å². The molecule has 0 aromatic rings. The van der Waals surface area contributed by atoms with Crippen LogP contribution in [0, 0.1) is 11.8 Å². The molecule has 1 nitrogen and oxygen atoms in total. The zero-order valence-electron chi connectivity index (χ0n) is 6.39. The highest BCUT2D eigenvalue weighted by molar-refractivity contribution is 4.68. The minimum atomic E-state index is 0.832. The van der Waals surface area contributed by atoms with Gasteiger partial charge in [-0.2, -0.15) is 0 Å². The van der Waals surface area contributed by atoms with Crippen molar-refractivity contribution < 1.29 is 4.74 Å². The highest BCUT2D eigenvalue weighted by Gasteiger charge is 2.19. The molecule has 1 fully saturated rings. The predicted octanol–water partition coefficient (Wildman–Crippen LogP) is 2.07. The number of ether oxygens (including phenoxy) is 1. The molecule has 0 N–H and O–H groups in total. The minimum absolute atomic E-state index is 0.832. The van der Waals surface area contributed by atoms with Gasteiger partial charge in [-0.15, -0.1) is 0 Å². The van der Waals surface area contributed by atoms with Gasteiger partial charge >= 0.3 is 0 Å². The first-order chi connectivity index (χ1) is 4.34. The third kappa shape index (κ3) is 1.68. The summed E-state index contributed by atoms with van der Waals surface area (Å²) in [5.74, 6) is 1.72. The zero-order chi connectivity index (χ0) is 6.69. The van der Waals surface area contributed by atoms with Crippen molar-refractivity contribution in [2.45, 2.75) is 26.7 Å². The second-order valence-electron chi connectivity index (χ2n) is 3.01. The fraction of sp³-hybridized carbons (Fsp3) is 1.00. The first kappa shape index (κ1) is 7.07. The van der Waals surface area contributed by atoms with Crippen molar-refractivity contribution in [1.29, 1.82) is 0 Å². The Balaban J connectivity index is 2.30.